The molecule has 114 valence electrons. The van der Waals surface area contributed by atoms with Crippen LogP contribution in [0, 0.1) is 6.92 Å². The highest BCUT2D eigenvalue weighted by Crippen LogP contribution is 2.34. The summed E-state index contributed by atoms with van der Waals surface area (Å²) in [6, 6.07) is 12.3. The van der Waals surface area contributed by atoms with Crippen molar-refractivity contribution >= 4 is 17.7 Å². The molecule has 0 spiro atoms. The quantitative estimate of drug-likeness (QED) is 0.394. The number of imide groups is 1. The van der Waals surface area contributed by atoms with Crippen molar-refractivity contribution in [2.75, 3.05) is 0 Å². The number of hydrogen-bond donors (Lipinski definition) is 1. The number of pyridine rings is 1. The molecule has 1 aromatic carbocycles. The topological polar surface area (TPSA) is 72.3 Å². The van der Waals surface area contributed by atoms with Crippen molar-refractivity contribution in [3.8, 4) is 0 Å². The molecule has 0 aliphatic carbocycles. The molecule has 0 bridgehead atoms. The molecular weight excluding hydrogens is 290 g/mol. The number of carbonyl (C=O) groups is 2. The van der Waals surface area contributed by atoms with E-state index in [2.05, 4.69) is 5.32 Å². The van der Waals surface area contributed by atoms with Crippen molar-refractivity contribution in [1.29, 1.82) is 0 Å². The number of benzene rings is 1. The van der Waals surface area contributed by atoms with E-state index in [9.17, 15) is 15.0 Å². The van der Waals surface area contributed by atoms with Gasteiger partial charge in [-0.05, 0) is 12.5 Å². The molecule has 0 radical (unpaired) electrons. The summed E-state index contributed by atoms with van der Waals surface area (Å²) in [6.45, 7) is 1.96. The third-order valence-electron chi connectivity index (χ3n) is 3.99. The van der Waals surface area contributed by atoms with Crippen LogP contribution in [0.5, 0.6) is 0 Å². The third-order valence-corrected chi connectivity index (χ3v) is 3.99. The van der Waals surface area contributed by atoms with Crippen LogP contribution in [0.25, 0.3) is 5.41 Å². The minimum absolute atomic E-state index is 0.0507. The van der Waals surface area contributed by atoms with Gasteiger partial charge in [0.2, 0.25) is 6.04 Å². The van der Waals surface area contributed by atoms with Gasteiger partial charge >= 0.3 is 0 Å². The second kappa shape index (κ2) is 5.99. The van der Waals surface area contributed by atoms with E-state index in [4.69, 9.17) is 0 Å². The standard InChI is InChI=1S/C18H15N3O2/c1-12-5-7-13(8-6-12)15-14(11-19)17(22)20-18(23)16(15)21-9-3-2-4-10-21/h2-10,15-16H,1H3,(H,20,22,23). The van der Waals surface area contributed by atoms with Crippen LogP contribution in [0.1, 0.15) is 23.1 Å². The second-order valence-corrected chi connectivity index (χ2v) is 5.50. The Labute approximate surface area is 133 Å². The molecule has 2 atom stereocenters. The Morgan fingerprint density at radius 3 is 2.35 bits per heavy atom. The maximum Gasteiger partial charge on any atom is 0.296 e. The van der Waals surface area contributed by atoms with Gasteiger partial charge in [0.15, 0.2) is 12.4 Å². The summed E-state index contributed by atoms with van der Waals surface area (Å²) in [4.78, 5) is 24.5. The molecule has 2 unspecified atom stereocenters. The van der Waals surface area contributed by atoms with Crippen molar-refractivity contribution < 1.29 is 14.2 Å². The monoisotopic (exact) mass is 305 g/mol. The Bertz CT molecular complexity index is 806. The number of nitrogens with one attached hydrogen (secondary N) is 1. The number of aromatic nitrogens is 1. The van der Waals surface area contributed by atoms with Gasteiger partial charge in [0.1, 0.15) is 0 Å². The summed E-state index contributed by atoms with van der Waals surface area (Å²) in [5.41, 5.74) is 1.90. The maximum absolute atomic E-state index is 12.4. The highest BCUT2D eigenvalue weighted by atomic mass is 16.2. The van der Waals surface area contributed by atoms with Crippen molar-refractivity contribution in [3.63, 3.8) is 0 Å². The molecule has 0 saturated carbocycles. The average molecular weight is 305 g/mol. The Hall–Kier alpha value is -3.04. The number of rotatable bonds is 2. The van der Waals surface area contributed by atoms with Crippen LogP contribution in [0.4, 0.5) is 0 Å². The summed E-state index contributed by atoms with van der Waals surface area (Å²) >= 11 is 0. The number of piperidine rings is 1. The van der Waals surface area contributed by atoms with Crippen molar-refractivity contribution in [1.82, 2.24) is 5.32 Å². The third kappa shape index (κ3) is 2.70. The van der Waals surface area contributed by atoms with Gasteiger partial charge in [0.25, 0.3) is 11.8 Å². The van der Waals surface area contributed by atoms with Gasteiger partial charge in [-0.2, -0.15) is 4.57 Å². The lowest BCUT2D eigenvalue weighted by Crippen LogP contribution is -2.57. The molecule has 5 heteroatoms. The molecule has 1 aliphatic rings. The minimum Gasteiger partial charge on any atom is -0.763 e. The maximum atomic E-state index is 12.4. The molecule has 1 N–H and O–H groups in total. The van der Waals surface area contributed by atoms with E-state index in [1.807, 2.05) is 55.3 Å². The Kier molecular flexibility index (Phi) is 3.87. The average Bonchev–Trinajstić information content (AvgIpc) is 2.56. The van der Waals surface area contributed by atoms with Crippen LogP contribution in [0.3, 0.4) is 0 Å². The van der Waals surface area contributed by atoms with Gasteiger partial charge in [-0.25, -0.2) is 0 Å². The summed E-state index contributed by atoms with van der Waals surface area (Å²) in [7, 11) is 0. The van der Waals surface area contributed by atoms with E-state index in [1.54, 1.807) is 17.0 Å². The highest BCUT2D eigenvalue weighted by Gasteiger charge is 2.46. The number of amides is 2. The van der Waals surface area contributed by atoms with Crippen LogP contribution in [-0.2, 0) is 9.59 Å². The van der Waals surface area contributed by atoms with E-state index in [0.717, 1.165) is 11.1 Å². The Morgan fingerprint density at radius 1 is 1.09 bits per heavy atom. The number of nitrogens with zero attached hydrogens (tertiary/aromatic N) is 2. The first-order valence-corrected chi connectivity index (χ1v) is 7.26. The van der Waals surface area contributed by atoms with Crippen LogP contribution in [0.15, 0.2) is 60.4 Å². The zero-order chi connectivity index (χ0) is 16.4. The summed E-state index contributed by atoms with van der Waals surface area (Å²) < 4.78 is 1.73. The molecule has 2 heterocycles. The summed E-state index contributed by atoms with van der Waals surface area (Å²) in [5.74, 6) is 0.352. The van der Waals surface area contributed by atoms with Gasteiger partial charge in [0.05, 0.1) is 11.5 Å². The zero-order valence-electron chi connectivity index (χ0n) is 12.6. The normalized spacial score (nSPS) is 20.8. The predicted molar refractivity (Wildman–Crippen MR) is 84.6 cm³/mol. The van der Waals surface area contributed by atoms with E-state index in [-0.39, 0.29) is 5.57 Å². The van der Waals surface area contributed by atoms with E-state index in [0.29, 0.717) is 0 Å². The predicted octanol–water partition coefficient (Wildman–Crippen LogP) is 1.43. The fourth-order valence-electron chi connectivity index (χ4n) is 2.85. The van der Waals surface area contributed by atoms with Gasteiger partial charge in [0, 0.05) is 12.1 Å². The van der Waals surface area contributed by atoms with Crippen LogP contribution >= 0.6 is 0 Å². The number of aryl methyl sites for hydroxylation is 1. The van der Waals surface area contributed by atoms with Gasteiger partial charge < -0.3 is 5.41 Å². The molecule has 1 fully saturated rings. The first-order valence-electron chi connectivity index (χ1n) is 7.26. The van der Waals surface area contributed by atoms with Gasteiger partial charge in [-0.15, -0.1) is 0 Å². The van der Waals surface area contributed by atoms with Crippen molar-refractivity contribution in [3.05, 3.63) is 77.0 Å². The van der Waals surface area contributed by atoms with Crippen LogP contribution in [-0.4, -0.2) is 17.7 Å². The lowest BCUT2D eigenvalue weighted by Gasteiger charge is -2.28. The van der Waals surface area contributed by atoms with E-state index >= 15 is 0 Å². The van der Waals surface area contributed by atoms with Crippen LogP contribution in [0.2, 0.25) is 0 Å². The molecular formula is C18H15N3O2. The lowest BCUT2D eigenvalue weighted by atomic mass is 9.81. The molecule has 2 amide bonds. The molecule has 23 heavy (non-hydrogen) atoms. The minimum atomic E-state index is -0.675. The summed E-state index contributed by atoms with van der Waals surface area (Å²) in [5, 5.41) is 11.7. The molecule has 1 saturated heterocycles. The molecule has 1 aromatic heterocycles. The largest absolute Gasteiger partial charge is 0.763 e. The number of hydrogen-bond acceptors (Lipinski definition) is 2. The Morgan fingerprint density at radius 2 is 1.74 bits per heavy atom. The molecule has 2 aromatic rings. The SMILES string of the molecule is Cc1ccc(C2C(=C=[N-])C(=O)NC(=O)C2[n+]2ccccc2)cc1. The summed E-state index contributed by atoms with van der Waals surface area (Å²) in [6.07, 6.45) is 3.52. The first kappa shape index (κ1) is 14.9. The molecule has 3 rings (SSSR count). The molecule has 1 aliphatic heterocycles. The van der Waals surface area contributed by atoms with Gasteiger partial charge in [-0.3, -0.25) is 20.8 Å². The Balaban J connectivity index is 2.17. The van der Waals surface area contributed by atoms with Gasteiger partial charge in [-0.1, -0.05) is 35.9 Å². The highest BCUT2D eigenvalue weighted by molar-refractivity contribution is 6.14. The molecule has 5 nitrogen and oxygen atoms in total. The van der Waals surface area contributed by atoms with E-state index < -0.39 is 23.8 Å². The first-order chi connectivity index (χ1) is 11.1. The van der Waals surface area contributed by atoms with Crippen molar-refractivity contribution in [2.24, 2.45) is 0 Å². The van der Waals surface area contributed by atoms with Crippen LogP contribution < -0.4 is 9.88 Å². The van der Waals surface area contributed by atoms with Crippen molar-refractivity contribution in [2.45, 2.75) is 18.9 Å². The fourth-order valence-corrected chi connectivity index (χ4v) is 2.85. The lowest BCUT2D eigenvalue weighted by molar-refractivity contribution is -0.711. The van der Waals surface area contributed by atoms with E-state index in [1.165, 1.54) is 0 Å². The zero-order valence-corrected chi connectivity index (χ0v) is 12.6. The number of carbonyl (C=O) groups excluding carboxylic acids is 2. The fraction of sp³-hybridized carbons (Fsp3) is 0.167. The smallest absolute Gasteiger partial charge is 0.296 e. The second-order valence-electron chi connectivity index (χ2n) is 5.50.